The number of aryl methyl sites for hydroxylation is 1. The van der Waals surface area contributed by atoms with Crippen molar-refractivity contribution in [3.8, 4) is 17.4 Å². The second-order valence-corrected chi connectivity index (χ2v) is 13.3. The van der Waals surface area contributed by atoms with Gasteiger partial charge in [-0.25, -0.2) is 0 Å². The Labute approximate surface area is 282 Å². The van der Waals surface area contributed by atoms with E-state index in [1.54, 1.807) is 0 Å². The third-order valence-corrected chi connectivity index (χ3v) is 9.78. The molecule has 0 saturated carbocycles. The lowest BCUT2D eigenvalue weighted by Crippen LogP contribution is -2.13. The number of aromatic nitrogens is 1. The van der Waals surface area contributed by atoms with Crippen LogP contribution in [0, 0.1) is 24.2 Å². The molecule has 6 nitrogen and oxygen atoms in total. The molecule has 2 heterocycles. The van der Waals surface area contributed by atoms with Crippen LogP contribution < -0.4 is 5.73 Å². The number of unbranched alkanes of at least 4 members (excludes halogenated alkanes) is 1. The van der Waals surface area contributed by atoms with E-state index in [2.05, 4.69) is 68.2 Å². The number of nitrogens with two attached hydrogens (primary N) is 1. The SMILES string of the molecule is CC=N/C(C)=C(C(=C\CCC)/C1=CCC(C#N)CC1)\C(N)=C(/C)CC.Cc1noc(-c2ccccc2)c1CSCC1CCC(C)O1. The van der Waals surface area contributed by atoms with E-state index >= 15 is 0 Å². The average molecular weight is 643 g/mol. The molecule has 1 aromatic carbocycles. The molecule has 46 heavy (non-hydrogen) atoms. The second kappa shape index (κ2) is 19.4. The van der Waals surface area contributed by atoms with E-state index < -0.39 is 0 Å². The minimum absolute atomic E-state index is 0.142. The van der Waals surface area contributed by atoms with Gasteiger partial charge in [-0.2, -0.15) is 17.0 Å². The quantitative estimate of drug-likeness (QED) is 0.183. The molecular formula is C39H54N4O2S. The molecular weight excluding hydrogens is 589 g/mol. The molecule has 3 unspecified atom stereocenters. The van der Waals surface area contributed by atoms with Crippen molar-refractivity contribution in [3.05, 3.63) is 87.4 Å². The van der Waals surface area contributed by atoms with Crippen molar-refractivity contribution in [1.82, 2.24) is 5.16 Å². The Hall–Kier alpha value is -3.34. The van der Waals surface area contributed by atoms with Crippen molar-refractivity contribution in [1.29, 1.82) is 5.26 Å². The van der Waals surface area contributed by atoms with Crippen LogP contribution in [-0.2, 0) is 10.5 Å². The van der Waals surface area contributed by atoms with Gasteiger partial charge in [-0.1, -0.05) is 67.9 Å². The Morgan fingerprint density at radius 3 is 2.52 bits per heavy atom. The van der Waals surface area contributed by atoms with Crippen LogP contribution in [0.2, 0.25) is 0 Å². The Balaban J connectivity index is 0.000000253. The third kappa shape index (κ3) is 10.6. The summed E-state index contributed by atoms with van der Waals surface area (Å²) in [6.45, 7) is 14.5. The van der Waals surface area contributed by atoms with Crippen LogP contribution in [0.5, 0.6) is 0 Å². The third-order valence-electron chi connectivity index (χ3n) is 8.68. The zero-order valence-corrected chi connectivity index (χ0v) is 29.9. The summed E-state index contributed by atoms with van der Waals surface area (Å²) < 4.78 is 11.4. The molecule has 3 atom stereocenters. The number of aliphatic imine (C=N–C) groups is 1. The van der Waals surface area contributed by atoms with E-state index in [9.17, 15) is 0 Å². The number of rotatable bonds is 12. The van der Waals surface area contributed by atoms with E-state index in [4.69, 9.17) is 20.3 Å². The maximum atomic E-state index is 9.17. The van der Waals surface area contributed by atoms with Crippen LogP contribution in [-0.4, -0.2) is 29.3 Å². The molecule has 248 valence electrons. The highest BCUT2D eigenvalue weighted by Crippen LogP contribution is 2.36. The number of hydrogen-bond acceptors (Lipinski definition) is 7. The first kappa shape index (κ1) is 37.1. The molecule has 0 spiro atoms. The highest BCUT2D eigenvalue weighted by Gasteiger charge is 2.23. The zero-order chi connectivity index (χ0) is 33.5. The standard InChI is InChI=1S/C22H33N3.C17H21NO2S/c1-6-9-10-20(19-13-11-18(15-23)12-14-19)21(17(5)25-8-3)22(24)16(4)7-2;1-12-8-9-15(19-12)10-21-11-16-13(2)18-20-17(16)14-6-4-3-5-7-14/h8,10,13,18H,6-7,9,11-12,14,24H2,1-5H3;3-7,12,15H,8-11H2,1-2H3/b20-10-,21-17-,22-16-,25-8?;. The maximum absolute atomic E-state index is 9.17. The molecule has 1 saturated heterocycles. The molecule has 0 bridgehead atoms. The van der Waals surface area contributed by atoms with E-state index in [1.165, 1.54) is 35.1 Å². The number of hydrogen-bond donors (Lipinski definition) is 1. The van der Waals surface area contributed by atoms with Crippen LogP contribution in [0.3, 0.4) is 0 Å². The summed E-state index contributed by atoms with van der Waals surface area (Å²) in [7, 11) is 0. The normalized spacial score (nSPS) is 21.2. The van der Waals surface area contributed by atoms with Crippen molar-refractivity contribution in [3.63, 3.8) is 0 Å². The molecule has 2 aromatic rings. The van der Waals surface area contributed by atoms with Gasteiger partial charge in [-0.05, 0) is 96.3 Å². The summed E-state index contributed by atoms with van der Waals surface area (Å²) >= 11 is 1.91. The van der Waals surface area contributed by atoms with E-state index in [1.807, 2.05) is 56.9 Å². The van der Waals surface area contributed by atoms with Crippen molar-refractivity contribution >= 4 is 18.0 Å². The molecule has 1 aliphatic carbocycles. The lowest BCUT2D eigenvalue weighted by Gasteiger charge is -2.23. The fraction of sp³-hybridized carbons (Fsp3) is 0.513. The topological polar surface area (TPSA) is 97.4 Å². The van der Waals surface area contributed by atoms with Gasteiger partial charge in [0.25, 0.3) is 0 Å². The predicted octanol–water partition coefficient (Wildman–Crippen LogP) is 10.4. The van der Waals surface area contributed by atoms with Gasteiger partial charge in [0.1, 0.15) is 0 Å². The predicted molar refractivity (Wildman–Crippen MR) is 194 cm³/mol. The smallest absolute Gasteiger partial charge is 0.171 e. The first-order valence-electron chi connectivity index (χ1n) is 16.9. The van der Waals surface area contributed by atoms with Crippen LogP contribution in [0.4, 0.5) is 0 Å². The first-order valence-corrected chi connectivity index (χ1v) is 18.1. The first-order chi connectivity index (χ1) is 22.2. The van der Waals surface area contributed by atoms with Gasteiger partial charge in [0.15, 0.2) is 5.76 Å². The number of thioether (sulfide) groups is 1. The van der Waals surface area contributed by atoms with Crippen LogP contribution in [0.1, 0.15) is 104 Å². The van der Waals surface area contributed by atoms with Crippen LogP contribution >= 0.6 is 11.8 Å². The molecule has 7 heteroatoms. The molecule has 0 amide bonds. The largest absolute Gasteiger partial charge is 0.398 e. The monoisotopic (exact) mass is 642 g/mol. The van der Waals surface area contributed by atoms with Gasteiger partial charge in [-0.15, -0.1) is 0 Å². The summed E-state index contributed by atoms with van der Waals surface area (Å²) in [5, 5.41) is 13.3. The summed E-state index contributed by atoms with van der Waals surface area (Å²) in [5.41, 5.74) is 16.4. The minimum atomic E-state index is 0.142. The maximum Gasteiger partial charge on any atom is 0.171 e. The average Bonchev–Trinajstić information content (AvgIpc) is 3.67. The fourth-order valence-corrected chi connectivity index (χ4v) is 6.92. The molecule has 4 rings (SSSR count). The molecule has 1 aromatic heterocycles. The number of allylic oxidation sites excluding steroid dienone is 6. The lowest BCUT2D eigenvalue weighted by molar-refractivity contribution is 0.0700. The summed E-state index contributed by atoms with van der Waals surface area (Å²) in [6, 6.07) is 12.6. The number of nitrogens with zero attached hydrogens (tertiary/aromatic N) is 3. The van der Waals surface area contributed by atoms with Gasteiger partial charge in [-0.3, -0.25) is 4.99 Å². The van der Waals surface area contributed by atoms with Crippen molar-refractivity contribution < 1.29 is 9.26 Å². The van der Waals surface area contributed by atoms with Gasteiger partial charge in [0.05, 0.1) is 29.9 Å². The van der Waals surface area contributed by atoms with Gasteiger partial charge < -0.3 is 15.0 Å². The molecule has 2 aliphatic rings. The molecule has 2 N–H and O–H groups in total. The van der Waals surface area contributed by atoms with Crippen molar-refractivity contribution in [2.24, 2.45) is 16.6 Å². The van der Waals surface area contributed by atoms with E-state index in [0.717, 1.165) is 84.0 Å². The van der Waals surface area contributed by atoms with Gasteiger partial charge in [0, 0.05) is 45.8 Å². The minimum Gasteiger partial charge on any atom is -0.398 e. The Bertz CT molecular complexity index is 1460. The summed E-state index contributed by atoms with van der Waals surface area (Å²) in [4.78, 5) is 4.54. The summed E-state index contributed by atoms with van der Waals surface area (Å²) in [6.07, 6.45) is 15.3. The molecule has 1 fully saturated rings. The molecule has 1 aliphatic heterocycles. The Kier molecular flexibility index (Phi) is 15.6. The summed E-state index contributed by atoms with van der Waals surface area (Å²) in [5.74, 6) is 3.02. The zero-order valence-electron chi connectivity index (χ0n) is 29.1. The van der Waals surface area contributed by atoms with Crippen LogP contribution in [0.15, 0.2) is 85.7 Å². The fourth-order valence-electron chi connectivity index (χ4n) is 5.75. The number of benzene rings is 1. The highest BCUT2D eigenvalue weighted by atomic mass is 32.2. The number of nitriles is 1. The number of ether oxygens (including phenoxy) is 1. The van der Waals surface area contributed by atoms with Gasteiger partial charge >= 0.3 is 0 Å². The second-order valence-electron chi connectivity index (χ2n) is 12.2. The van der Waals surface area contributed by atoms with E-state index in [0.29, 0.717) is 12.2 Å². The van der Waals surface area contributed by atoms with Crippen molar-refractivity contribution in [2.75, 3.05) is 5.75 Å². The Morgan fingerprint density at radius 2 is 1.93 bits per heavy atom. The highest BCUT2D eigenvalue weighted by molar-refractivity contribution is 7.98. The van der Waals surface area contributed by atoms with Crippen molar-refractivity contribution in [2.45, 2.75) is 118 Å². The Morgan fingerprint density at radius 1 is 1.17 bits per heavy atom. The van der Waals surface area contributed by atoms with Gasteiger partial charge in [0.2, 0.25) is 0 Å². The van der Waals surface area contributed by atoms with Crippen LogP contribution in [0.25, 0.3) is 11.3 Å². The molecule has 0 radical (unpaired) electrons. The lowest BCUT2D eigenvalue weighted by atomic mass is 9.82. The van der Waals surface area contributed by atoms with E-state index in [-0.39, 0.29) is 5.92 Å².